The Morgan fingerprint density at radius 3 is 2.11 bits per heavy atom. The molecule has 2 aliphatic rings. The standard InChI is InChI=1S/C42H67N11O11S/c1-5-22(3)33-40(61)52-34(23(4)54)41(62)50-30(20-32(45)55)37(58)48-28(42(63)53-17-8-10-31(53)39(60)47-27(35(46)56)9-7-16-43)15-18-65-21-26(44)36(57)49-29(38(59)51-33)19-24-11-13-25(14-12-24)64-6-2/h11-14,22-23,26-31,33-34,54H,5-10,15-21,43-44H2,1-4H3,(H2,45,55)(H2,46,56)(H,47,60)(H,48,58)(H,49,57)(H,50,62)(H,51,59)(H,52,61)/t22-,23+,26-,27-,28?,29?,30-,31-,33-,34-/m0/s1. The Labute approximate surface area is 382 Å². The van der Waals surface area contributed by atoms with E-state index in [1.54, 1.807) is 38.1 Å². The zero-order chi connectivity index (χ0) is 48.4. The fourth-order valence-corrected chi connectivity index (χ4v) is 8.26. The molecule has 2 unspecified atom stereocenters. The number of thioether (sulfide) groups is 1. The van der Waals surface area contributed by atoms with Crippen LogP contribution in [0.15, 0.2) is 24.3 Å². The van der Waals surface area contributed by atoms with Crippen LogP contribution in [0, 0.1) is 5.92 Å². The SMILES string of the molecule is CCOc1ccc(CC2NC(=O)[C@@H](N)CSCCC(C(=O)N3CCC[C@H]3C(=O)N[C@@H](CCCN)C(N)=O)NC(=O)[C@H](CC(N)=O)NC(=O)[C@H]([C@@H](C)O)NC(=O)[C@H]([C@@H](C)CC)NC2=O)cc1. The van der Waals surface area contributed by atoms with Crippen molar-refractivity contribution in [3.63, 3.8) is 0 Å². The van der Waals surface area contributed by atoms with E-state index in [1.165, 1.54) is 11.8 Å². The Morgan fingerprint density at radius 1 is 0.877 bits per heavy atom. The van der Waals surface area contributed by atoms with Crippen LogP contribution in [0.25, 0.3) is 0 Å². The lowest BCUT2D eigenvalue weighted by Crippen LogP contribution is -2.63. The molecule has 1 aromatic carbocycles. The molecule has 0 aliphatic carbocycles. The summed E-state index contributed by atoms with van der Waals surface area (Å²) < 4.78 is 5.53. The Bertz CT molecular complexity index is 1840. The van der Waals surface area contributed by atoms with Crippen molar-refractivity contribution in [2.24, 2.45) is 28.9 Å². The Balaban J connectivity index is 2.03. The second-order valence-electron chi connectivity index (χ2n) is 16.3. The van der Waals surface area contributed by atoms with Gasteiger partial charge in [-0.2, -0.15) is 11.8 Å². The zero-order valence-electron chi connectivity index (χ0n) is 37.5. The first-order valence-electron chi connectivity index (χ1n) is 21.9. The Morgan fingerprint density at radius 2 is 1.51 bits per heavy atom. The number of hydrogen-bond donors (Lipinski definition) is 11. The normalized spacial score (nSPS) is 25.6. The molecule has 23 heteroatoms. The monoisotopic (exact) mass is 933 g/mol. The van der Waals surface area contributed by atoms with E-state index < -0.39 is 120 Å². The third-order valence-electron chi connectivity index (χ3n) is 11.2. The number of primary amides is 2. The highest BCUT2D eigenvalue weighted by Gasteiger charge is 2.41. The smallest absolute Gasteiger partial charge is 0.245 e. The fraction of sp³-hybridized carbons (Fsp3) is 0.643. The molecule has 362 valence electrons. The summed E-state index contributed by atoms with van der Waals surface area (Å²) in [5.74, 6) is -7.43. The molecule has 2 fully saturated rings. The number of carbonyl (C=O) groups excluding carboxylic acids is 9. The average molecular weight is 934 g/mol. The van der Waals surface area contributed by atoms with Gasteiger partial charge in [-0.3, -0.25) is 43.2 Å². The molecule has 22 nitrogen and oxygen atoms in total. The number of hydrogen-bond acceptors (Lipinski definition) is 14. The quantitative estimate of drug-likeness (QED) is 0.0768. The summed E-state index contributed by atoms with van der Waals surface area (Å²) in [5, 5.41) is 26.2. The van der Waals surface area contributed by atoms with Crippen LogP contribution >= 0.6 is 11.8 Å². The highest BCUT2D eigenvalue weighted by atomic mass is 32.2. The summed E-state index contributed by atoms with van der Waals surface area (Å²) in [7, 11) is 0. The van der Waals surface area contributed by atoms with Crippen molar-refractivity contribution in [1.82, 2.24) is 36.8 Å². The number of amides is 9. The predicted molar refractivity (Wildman–Crippen MR) is 240 cm³/mol. The number of likely N-dealkylation sites (tertiary alicyclic amines) is 1. The molecule has 10 atom stereocenters. The summed E-state index contributed by atoms with van der Waals surface area (Å²) in [6, 6.07) is -3.76. The summed E-state index contributed by atoms with van der Waals surface area (Å²) in [5.41, 5.74) is 23.6. The molecular formula is C42H67N11O11S. The minimum absolute atomic E-state index is 0.0108. The second-order valence-corrected chi connectivity index (χ2v) is 17.4. The molecule has 0 aromatic heterocycles. The molecule has 0 spiro atoms. The summed E-state index contributed by atoms with van der Waals surface area (Å²) in [6.07, 6.45) is -0.896. The predicted octanol–water partition coefficient (Wildman–Crippen LogP) is -3.48. The van der Waals surface area contributed by atoms with Gasteiger partial charge in [-0.15, -0.1) is 0 Å². The highest BCUT2D eigenvalue weighted by Crippen LogP contribution is 2.21. The second kappa shape index (κ2) is 26.4. The minimum atomic E-state index is -1.73. The van der Waals surface area contributed by atoms with Crippen LogP contribution < -0.4 is 59.6 Å². The topological polar surface area (TPSA) is 363 Å². The van der Waals surface area contributed by atoms with E-state index in [-0.39, 0.29) is 50.3 Å². The molecule has 65 heavy (non-hydrogen) atoms. The van der Waals surface area contributed by atoms with E-state index in [9.17, 15) is 48.3 Å². The first-order chi connectivity index (χ1) is 30.8. The van der Waals surface area contributed by atoms with Crippen molar-refractivity contribution >= 4 is 64.9 Å². The van der Waals surface area contributed by atoms with Crippen LogP contribution in [0.1, 0.15) is 78.2 Å². The van der Waals surface area contributed by atoms with Crippen molar-refractivity contribution in [3.05, 3.63) is 29.8 Å². The average Bonchev–Trinajstić information content (AvgIpc) is 3.76. The van der Waals surface area contributed by atoms with Crippen molar-refractivity contribution in [2.75, 3.05) is 31.2 Å². The van der Waals surface area contributed by atoms with Gasteiger partial charge in [0.05, 0.1) is 25.2 Å². The van der Waals surface area contributed by atoms with Crippen molar-refractivity contribution in [2.45, 2.75) is 134 Å². The first-order valence-corrected chi connectivity index (χ1v) is 23.1. The molecule has 0 saturated carbocycles. The summed E-state index contributed by atoms with van der Waals surface area (Å²) in [6.45, 7) is 7.26. The Hall–Kier alpha value is -5.52. The van der Waals surface area contributed by atoms with Gasteiger partial charge < -0.3 is 69.6 Å². The number of ether oxygens (including phenoxy) is 1. The largest absolute Gasteiger partial charge is 0.494 e. The van der Waals surface area contributed by atoms with Crippen LogP contribution in [0.2, 0.25) is 0 Å². The van der Waals surface area contributed by atoms with E-state index in [0.717, 1.165) is 11.8 Å². The number of nitrogens with zero attached hydrogens (tertiary/aromatic N) is 1. The summed E-state index contributed by atoms with van der Waals surface area (Å²) >= 11 is 1.15. The number of nitrogens with one attached hydrogen (secondary N) is 6. The van der Waals surface area contributed by atoms with Gasteiger partial charge in [0.2, 0.25) is 53.2 Å². The van der Waals surface area contributed by atoms with Gasteiger partial charge in [-0.25, -0.2) is 0 Å². The maximum atomic E-state index is 14.3. The summed E-state index contributed by atoms with van der Waals surface area (Å²) in [4.78, 5) is 123. The lowest BCUT2D eigenvalue weighted by atomic mass is 9.96. The molecule has 2 heterocycles. The fourth-order valence-electron chi connectivity index (χ4n) is 7.28. The third-order valence-corrected chi connectivity index (χ3v) is 12.3. The van der Waals surface area contributed by atoms with Crippen LogP contribution in [0.3, 0.4) is 0 Å². The van der Waals surface area contributed by atoms with E-state index in [2.05, 4.69) is 31.9 Å². The highest BCUT2D eigenvalue weighted by molar-refractivity contribution is 7.99. The van der Waals surface area contributed by atoms with Gasteiger partial charge in [0.15, 0.2) is 0 Å². The van der Waals surface area contributed by atoms with Crippen LogP contribution in [0.4, 0.5) is 0 Å². The zero-order valence-corrected chi connectivity index (χ0v) is 38.3. The van der Waals surface area contributed by atoms with Crippen molar-refractivity contribution < 1.29 is 53.0 Å². The molecule has 9 amide bonds. The number of nitrogens with two attached hydrogens (primary N) is 4. The molecular weight excluding hydrogens is 867 g/mol. The molecule has 1 aromatic rings. The number of carbonyl (C=O) groups is 9. The number of aliphatic hydroxyl groups is 1. The molecule has 15 N–H and O–H groups in total. The van der Waals surface area contributed by atoms with Gasteiger partial charge >= 0.3 is 0 Å². The molecule has 0 radical (unpaired) electrons. The lowest BCUT2D eigenvalue weighted by molar-refractivity contribution is -0.142. The maximum absolute atomic E-state index is 14.3. The lowest BCUT2D eigenvalue weighted by Gasteiger charge is -2.31. The van der Waals surface area contributed by atoms with Gasteiger partial charge in [0, 0.05) is 18.7 Å². The van der Waals surface area contributed by atoms with Crippen LogP contribution in [-0.2, 0) is 49.6 Å². The maximum Gasteiger partial charge on any atom is 0.245 e. The van der Waals surface area contributed by atoms with E-state index in [0.29, 0.717) is 37.2 Å². The molecule has 2 saturated heterocycles. The van der Waals surface area contributed by atoms with E-state index in [4.69, 9.17) is 27.7 Å². The van der Waals surface area contributed by atoms with E-state index in [1.807, 2.05) is 6.92 Å². The first kappa shape index (κ1) is 53.8. The van der Waals surface area contributed by atoms with Gasteiger partial charge in [-0.1, -0.05) is 32.4 Å². The van der Waals surface area contributed by atoms with Crippen LogP contribution in [0.5, 0.6) is 5.75 Å². The van der Waals surface area contributed by atoms with Crippen molar-refractivity contribution in [1.29, 1.82) is 0 Å². The van der Waals surface area contributed by atoms with Gasteiger partial charge in [0.25, 0.3) is 0 Å². The Kier molecular flexibility index (Phi) is 21.9. The van der Waals surface area contributed by atoms with E-state index >= 15 is 0 Å². The van der Waals surface area contributed by atoms with Gasteiger partial charge in [0.1, 0.15) is 48.0 Å². The minimum Gasteiger partial charge on any atom is -0.494 e. The number of aliphatic hydroxyl groups excluding tert-OH is 1. The van der Waals surface area contributed by atoms with Crippen LogP contribution in [-0.4, -0.2) is 149 Å². The van der Waals surface area contributed by atoms with Crippen molar-refractivity contribution in [3.8, 4) is 5.75 Å². The van der Waals surface area contributed by atoms with Gasteiger partial charge in [-0.05, 0) is 81.9 Å². The number of benzene rings is 1. The number of rotatable bonds is 16. The molecule has 0 bridgehead atoms. The molecule has 2 aliphatic heterocycles. The third kappa shape index (κ3) is 16.5. The molecule has 3 rings (SSSR count).